The van der Waals surface area contributed by atoms with Crippen molar-refractivity contribution in [2.45, 2.75) is 13.5 Å². The Balaban J connectivity index is 1.68. The Bertz CT molecular complexity index is 911. The van der Waals surface area contributed by atoms with Crippen LogP contribution in [0.4, 0.5) is 5.82 Å². The summed E-state index contributed by atoms with van der Waals surface area (Å²) >= 11 is 0. The molecular weight excluding hydrogens is 320 g/mol. The SMILES string of the molecule is Cc1ccccc1-n1nccc1NC(=O)C(=O)NCc1nccn1C. The van der Waals surface area contributed by atoms with Crippen molar-refractivity contribution in [1.29, 1.82) is 0 Å². The minimum Gasteiger partial charge on any atom is -0.341 e. The Morgan fingerprint density at radius 3 is 2.64 bits per heavy atom. The van der Waals surface area contributed by atoms with Gasteiger partial charge in [0.15, 0.2) is 0 Å². The summed E-state index contributed by atoms with van der Waals surface area (Å²) < 4.78 is 3.35. The molecule has 0 unspecified atom stereocenters. The minimum atomic E-state index is -0.760. The summed E-state index contributed by atoms with van der Waals surface area (Å²) in [5, 5.41) is 9.34. The first-order valence-electron chi connectivity index (χ1n) is 7.71. The van der Waals surface area contributed by atoms with E-state index in [1.54, 1.807) is 33.9 Å². The lowest BCUT2D eigenvalue weighted by atomic mass is 10.2. The third-order valence-corrected chi connectivity index (χ3v) is 3.76. The Hall–Kier alpha value is -3.42. The van der Waals surface area contributed by atoms with E-state index in [2.05, 4.69) is 20.7 Å². The van der Waals surface area contributed by atoms with Gasteiger partial charge in [-0.3, -0.25) is 9.59 Å². The van der Waals surface area contributed by atoms with Crippen LogP contribution >= 0.6 is 0 Å². The number of amides is 2. The highest BCUT2D eigenvalue weighted by atomic mass is 16.2. The molecule has 0 aliphatic rings. The number of carbonyl (C=O) groups excluding carboxylic acids is 2. The summed E-state index contributed by atoms with van der Waals surface area (Å²) in [6, 6.07) is 9.28. The van der Waals surface area contributed by atoms with Crippen molar-refractivity contribution in [1.82, 2.24) is 24.6 Å². The first kappa shape index (κ1) is 16.4. The zero-order valence-corrected chi connectivity index (χ0v) is 13.9. The molecule has 0 spiro atoms. The maximum Gasteiger partial charge on any atom is 0.314 e. The molecule has 0 saturated heterocycles. The van der Waals surface area contributed by atoms with Crippen LogP contribution in [0.15, 0.2) is 48.9 Å². The lowest BCUT2D eigenvalue weighted by Crippen LogP contribution is -2.36. The molecule has 25 heavy (non-hydrogen) atoms. The Morgan fingerprint density at radius 1 is 1.12 bits per heavy atom. The highest BCUT2D eigenvalue weighted by Gasteiger charge is 2.17. The van der Waals surface area contributed by atoms with Crippen LogP contribution in [0.1, 0.15) is 11.4 Å². The molecule has 0 aliphatic carbocycles. The van der Waals surface area contributed by atoms with Crippen LogP contribution < -0.4 is 10.6 Å². The van der Waals surface area contributed by atoms with Crippen LogP contribution in [0.3, 0.4) is 0 Å². The average molecular weight is 338 g/mol. The van der Waals surface area contributed by atoms with Crippen LogP contribution in [0.2, 0.25) is 0 Å². The van der Waals surface area contributed by atoms with Crippen molar-refractivity contribution >= 4 is 17.6 Å². The molecule has 128 valence electrons. The zero-order chi connectivity index (χ0) is 17.8. The van der Waals surface area contributed by atoms with Crippen LogP contribution in [0, 0.1) is 6.92 Å². The Labute approximate surface area is 144 Å². The van der Waals surface area contributed by atoms with E-state index in [0.717, 1.165) is 11.3 Å². The predicted octanol–water partition coefficient (Wildman–Crippen LogP) is 1.17. The molecule has 3 rings (SSSR count). The molecule has 0 fully saturated rings. The molecule has 0 saturated carbocycles. The first-order valence-corrected chi connectivity index (χ1v) is 7.71. The van der Waals surface area contributed by atoms with Crippen molar-refractivity contribution in [2.75, 3.05) is 5.32 Å². The van der Waals surface area contributed by atoms with Crippen molar-refractivity contribution in [3.8, 4) is 5.69 Å². The quantitative estimate of drug-likeness (QED) is 0.698. The lowest BCUT2D eigenvalue weighted by Gasteiger charge is -2.11. The monoisotopic (exact) mass is 338 g/mol. The molecule has 0 aliphatic heterocycles. The smallest absolute Gasteiger partial charge is 0.314 e. The average Bonchev–Trinajstić information content (AvgIpc) is 3.22. The number of rotatable bonds is 4. The van der Waals surface area contributed by atoms with Gasteiger partial charge in [0.25, 0.3) is 0 Å². The number of aryl methyl sites for hydroxylation is 2. The van der Waals surface area contributed by atoms with E-state index in [4.69, 9.17) is 0 Å². The van der Waals surface area contributed by atoms with Gasteiger partial charge in [-0.25, -0.2) is 9.67 Å². The van der Waals surface area contributed by atoms with Gasteiger partial charge in [-0.1, -0.05) is 18.2 Å². The summed E-state index contributed by atoms with van der Waals surface area (Å²) in [7, 11) is 1.81. The number of nitrogens with one attached hydrogen (secondary N) is 2. The summed E-state index contributed by atoms with van der Waals surface area (Å²) in [5.41, 5.74) is 1.83. The highest BCUT2D eigenvalue weighted by molar-refractivity contribution is 6.39. The van der Waals surface area contributed by atoms with Gasteiger partial charge in [0, 0.05) is 25.5 Å². The fraction of sp³-hybridized carbons (Fsp3) is 0.176. The summed E-state index contributed by atoms with van der Waals surface area (Å²) in [6.45, 7) is 2.12. The number of para-hydroxylation sites is 1. The van der Waals surface area contributed by atoms with Crippen LogP contribution in [-0.2, 0) is 23.2 Å². The second-order valence-corrected chi connectivity index (χ2v) is 5.51. The number of benzene rings is 1. The van der Waals surface area contributed by atoms with Crippen molar-refractivity contribution in [2.24, 2.45) is 7.05 Å². The first-order chi connectivity index (χ1) is 12.1. The summed E-state index contributed by atoms with van der Waals surface area (Å²) in [5.74, 6) is -0.414. The van der Waals surface area contributed by atoms with Crippen molar-refractivity contribution in [3.63, 3.8) is 0 Å². The molecule has 0 radical (unpaired) electrons. The van der Waals surface area contributed by atoms with E-state index < -0.39 is 11.8 Å². The largest absolute Gasteiger partial charge is 0.341 e. The Kier molecular flexibility index (Phi) is 4.60. The van der Waals surface area contributed by atoms with E-state index in [1.165, 1.54) is 0 Å². The maximum absolute atomic E-state index is 12.1. The minimum absolute atomic E-state index is 0.173. The van der Waals surface area contributed by atoms with E-state index in [0.29, 0.717) is 11.6 Å². The normalized spacial score (nSPS) is 10.5. The van der Waals surface area contributed by atoms with E-state index in [9.17, 15) is 9.59 Å². The number of imidazole rings is 1. The van der Waals surface area contributed by atoms with Crippen LogP contribution in [0.25, 0.3) is 5.69 Å². The lowest BCUT2D eigenvalue weighted by molar-refractivity contribution is -0.136. The zero-order valence-electron chi connectivity index (χ0n) is 13.9. The van der Waals surface area contributed by atoms with Gasteiger partial charge in [0.1, 0.15) is 11.6 Å². The van der Waals surface area contributed by atoms with E-state index in [-0.39, 0.29) is 6.54 Å². The van der Waals surface area contributed by atoms with Gasteiger partial charge in [0.05, 0.1) is 18.4 Å². The predicted molar refractivity (Wildman–Crippen MR) is 92.0 cm³/mol. The number of hydrogen-bond acceptors (Lipinski definition) is 4. The fourth-order valence-corrected chi connectivity index (χ4v) is 2.37. The maximum atomic E-state index is 12.1. The van der Waals surface area contributed by atoms with Crippen LogP contribution in [0.5, 0.6) is 0 Å². The molecule has 2 heterocycles. The topological polar surface area (TPSA) is 93.8 Å². The third-order valence-electron chi connectivity index (χ3n) is 3.76. The van der Waals surface area contributed by atoms with E-state index >= 15 is 0 Å². The number of carbonyl (C=O) groups is 2. The number of aromatic nitrogens is 4. The van der Waals surface area contributed by atoms with E-state index in [1.807, 2.05) is 38.2 Å². The van der Waals surface area contributed by atoms with Gasteiger partial charge >= 0.3 is 11.8 Å². The molecule has 1 aromatic carbocycles. The van der Waals surface area contributed by atoms with Crippen molar-refractivity contribution < 1.29 is 9.59 Å². The standard InChI is InChI=1S/C17H18N6O2/c1-12-5-3-4-6-13(12)23-14(7-8-20-23)21-17(25)16(24)19-11-15-18-9-10-22(15)2/h3-10H,11H2,1-2H3,(H,19,24)(H,21,25). The molecule has 2 aromatic heterocycles. The second kappa shape index (κ2) is 7.00. The summed E-state index contributed by atoms with van der Waals surface area (Å²) in [4.78, 5) is 28.2. The van der Waals surface area contributed by atoms with Gasteiger partial charge in [-0.2, -0.15) is 5.10 Å². The highest BCUT2D eigenvalue weighted by Crippen LogP contribution is 2.18. The van der Waals surface area contributed by atoms with Crippen LogP contribution in [-0.4, -0.2) is 31.1 Å². The molecule has 3 aromatic rings. The molecule has 0 bridgehead atoms. The molecule has 8 nitrogen and oxygen atoms in total. The van der Waals surface area contributed by atoms with Gasteiger partial charge < -0.3 is 15.2 Å². The fourth-order valence-electron chi connectivity index (χ4n) is 2.37. The summed E-state index contributed by atoms with van der Waals surface area (Å²) in [6.07, 6.45) is 4.96. The molecule has 2 N–H and O–H groups in total. The number of anilines is 1. The third kappa shape index (κ3) is 3.57. The molecule has 2 amide bonds. The van der Waals surface area contributed by atoms with Gasteiger partial charge in [0.2, 0.25) is 0 Å². The molecular formula is C17H18N6O2. The van der Waals surface area contributed by atoms with Gasteiger partial charge in [-0.05, 0) is 18.6 Å². The molecule has 0 atom stereocenters. The number of nitrogens with zero attached hydrogens (tertiary/aromatic N) is 4. The van der Waals surface area contributed by atoms with Crippen molar-refractivity contribution in [3.05, 3.63) is 60.3 Å². The number of hydrogen-bond donors (Lipinski definition) is 2. The van der Waals surface area contributed by atoms with Gasteiger partial charge in [-0.15, -0.1) is 0 Å². The second-order valence-electron chi connectivity index (χ2n) is 5.51. The Morgan fingerprint density at radius 2 is 1.92 bits per heavy atom. The molecule has 8 heteroatoms.